The molecule has 0 aliphatic rings. The molecule has 140 valence electrons. The van der Waals surface area contributed by atoms with Crippen molar-refractivity contribution in [2.24, 2.45) is 0 Å². The minimum absolute atomic E-state index is 0.172. The van der Waals surface area contributed by atoms with E-state index in [0.29, 0.717) is 5.69 Å². The lowest BCUT2D eigenvalue weighted by atomic mass is 10.1. The highest BCUT2D eigenvalue weighted by Crippen LogP contribution is 2.34. The van der Waals surface area contributed by atoms with Gasteiger partial charge in [0.15, 0.2) is 6.61 Å². The number of hydrogen-bond donors (Lipinski definition) is 1. The second-order valence-electron chi connectivity index (χ2n) is 5.40. The second kappa shape index (κ2) is 7.02. The first-order chi connectivity index (χ1) is 12.8. The zero-order valence-corrected chi connectivity index (χ0v) is 13.8. The van der Waals surface area contributed by atoms with Gasteiger partial charge < -0.3 is 10.1 Å². The van der Waals surface area contributed by atoms with Crippen LogP contribution in [0.15, 0.2) is 36.5 Å². The summed E-state index contributed by atoms with van der Waals surface area (Å²) in [5.41, 5.74) is -0.766. The first-order valence-electron chi connectivity index (χ1n) is 7.57. The number of esters is 1. The van der Waals surface area contributed by atoms with Gasteiger partial charge in [0, 0.05) is 11.9 Å². The molecule has 2 heterocycles. The molecule has 1 aromatic carbocycles. The molecule has 0 aliphatic heterocycles. The molecule has 27 heavy (non-hydrogen) atoms. The topological polar surface area (TPSA) is 98.5 Å². The molecule has 1 N–H and O–H groups in total. The van der Waals surface area contributed by atoms with E-state index < -0.39 is 35.9 Å². The molecule has 0 spiro atoms. The molecule has 0 saturated carbocycles. The van der Waals surface area contributed by atoms with E-state index in [0.717, 1.165) is 12.1 Å². The summed E-state index contributed by atoms with van der Waals surface area (Å²) in [7, 11) is 0. The van der Waals surface area contributed by atoms with Gasteiger partial charge in [-0.25, -0.2) is 14.3 Å². The average Bonchev–Trinajstić information content (AvgIpc) is 3.05. The van der Waals surface area contributed by atoms with Crippen molar-refractivity contribution in [3.63, 3.8) is 0 Å². The third-order valence-corrected chi connectivity index (χ3v) is 3.45. The zero-order valence-electron chi connectivity index (χ0n) is 13.8. The number of carbonyl (C=O) groups is 2. The van der Waals surface area contributed by atoms with E-state index in [9.17, 15) is 22.8 Å². The number of aromatic nitrogens is 4. The normalized spacial score (nSPS) is 11.4. The number of nitrogens with one attached hydrogen (secondary N) is 1. The summed E-state index contributed by atoms with van der Waals surface area (Å²) in [6.45, 7) is 0.928. The van der Waals surface area contributed by atoms with Gasteiger partial charge in [0.1, 0.15) is 0 Å². The highest BCUT2D eigenvalue weighted by molar-refractivity contribution is 5.95. The maximum atomic E-state index is 12.9. The van der Waals surface area contributed by atoms with Crippen molar-refractivity contribution in [3.05, 3.63) is 53.6 Å². The predicted octanol–water partition coefficient (Wildman–Crippen LogP) is 2.25. The summed E-state index contributed by atoms with van der Waals surface area (Å²) in [5, 5.41) is 5.97. The van der Waals surface area contributed by atoms with Crippen LogP contribution in [0.25, 0.3) is 5.78 Å². The fraction of sp³-hybridized carbons (Fsp3) is 0.188. The zero-order chi connectivity index (χ0) is 19.6. The lowest BCUT2D eigenvalue weighted by molar-refractivity contribution is -0.137. The van der Waals surface area contributed by atoms with Crippen LogP contribution in [0.2, 0.25) is 0 Å². The van der Waals surface area contributed by atoms with Crippen LogP contribution < -0.4 is 5.32 Å². The van der Waals surface area contributed by atoms with Gasteiger partial charge >= 0.3 is 12.1 Å². The van der Waals surface area contributed by atoms with Gasteiger partial charge in [-0.3, -0.25) is 4.79 Å². The molecule has 3 rings (SSSR count). The third-order valence-electron chi connectivity index (χ3n) is 3.45. The molecular formula is C16H12F3N5O3. The molecule has 3 aromatic rings. The van der Waals surface area contributed by atoms with E-state index in [2.05, 4.69) is 20.4 Å². The highest BCUT2D eigenvalue weighted by Gasteiger charge is 2.33. The molecule has 0 unspecified atom stereocenters. The minimum atomic E-state index is -4.63. The predicted molar refractivity (Wildman–Crippen MR) is 85.9 cm³/mol. The van der Waals surface area contributed by atoms with Crippen LogP contribution in [0.4, 0.5) is 18.9 Å². The molecule has 0 saturated heterocycles. The Bertz CT molecular complexity index is 1020. The number of aryl methyl sites for hydroxylation is 1. The fourth-order valence-electron chi connectivity index (χ4n) is 2.21. The summed E-state index contributed by atoms with van der Waals surface area (Å²) in [6, 6.07) is 6.12. The molecule has 1 amide bonds. The van der Waals surface area contributed by atoms with Crippen molar-refractivity contribution >= 4 is 23.3 Å². The Morgan fingerprint density at radius 2 is 1.96 bits per heavy atom. The number of carbonyl (C=O) groups excluding carboxylic acids is 2. The van der Waals surface area contributed by atoms with Crippen LogP contribution in [0.1, 0.15) is 21.9 Å². The van der Waals surface area contributed by atoms with E-state index in [-0.39, 0.29) is 11.6 Å². The van der Waals surface area contributed by atoms with E-state index in [4.69, 9.17) is 4.74 Å². The average molecular weight is 379 g/mol. The first kappa shape index (κ1) is 18.3. The Morgan fingerprint density at radius 3 is 2.67 bits per heavy atom. The van der Waals surface area contributed by atoms with Gasteiger partial charge in [0.25, 0.3) is 17.5 Å². The van der Waals surface area contributed by atoms with Crippen molar-refractivity contribution in [2.75, 3.05) is 11.9 Å². The number of fused-ring (bicyclic) bond motifs is 1. The molecule has 0 fully saturated rings. The molecule has 2 aromatic heterocycles. The quantitative estimate of drug-likeness (QED) is 0.698. The van der Waals surface area contributed by atoms with Gasteiger partial charge in [0.2, 0.25) is 0 Å². The molecule has 11 heteroatoms. The maximum Gasteiger partial charge on any atom is 0.418 e. The number of amides is 1. The third kappa shape index (κ3) is 4.02. The second-order valence-corrected chi connectivity index (χ2v) is 5.40. The molecule has 0 bridgehead atoms. The summed E-state index contributed by atoms with van der Waals surface area (Å²) in [6.07, 6.45) is -3.15. The molecule has 0 radical (unpaired) electrons. The number of ether oxygens (including phenoxy) is 1. The maximum absolute atomic E-state index is 12.9. The molecule has 8 nitrogen and oxygen atoms in total. The monoisotopic (exact) mass is 379 g/mol. The van der Waals surface area contributed by atoms with Crippen LogP contribution in [-0.4, -0.2) is 38.1 Å². The van der Waals surface area contributed by atoms with Crippen molar-refractivity contribution in [1.29, 1.82) is 0 Å². The first-order valence-corrected chi connectivity index (χ1v) is 7.57. The number of halogens is 3. The van der Waals surface area contributed by atoms with Crippen LogP contribution in [-0.2, 0) is 15.7 Å². The standard InChI is InChI=1S/C16H12F3N5O3/c1-9-6-7-20-15-22-13(23-24(9)15)14(26)27-8-12(25)21-11-5-3-2-4-10(11)16(17,18)19/h2-7H,8H2,1H3,(H,21,25). The van der Waals surface area contributed by atoms with E-state index >= 15 is 0 Å². The summed E-state index contributed by atoms with van der Waals surface area (Å²) in [5.74, 6) is -2.08. The lowest BCUT2D eigenvalue weighted by Gasteiger charge is -2.13. The van der Waals surface area contributed by atoms with Gasteiger partial charge in [0.05, 0.1) is 11.3 Å². The van der Waals surface area contributed by atoms with E-state index in [1.54, 1.807) is 13.0 Å². The number of hydrogen-bond acceptors (Lipinski definition) is 6. The SMILES string of the molecule is Cc1ccnc2nc(C(=O)OCC(=O)Nc3ccccc3C(F)(F)F)nn12. The van der Waals surface area contributed by atoms with Gasteiger partial charge in [-0.2, -0.15) is 18.2 Å². The molecule has 0 atom stereocenters. The van der Waals surface area contributed by atoms with Gasteiger partial charge in [-0.05, 0) is 25.1 Å². The Balaban J connectivity index is 1.65. The van der Waals surface area contributed by atoms with Crippen molar-refractivity contribution in [1.82, 2.24) is 19.6 Å². The van der Waals surface area contributed by atoms with Crippen LogP contribution in [0.5, 0.6) is 0 Å². The Labute approximate surface area is 150 Å². The van der Waals surface area contributed by atoms with Gasteiger partial charge in [-0.1, -0.05) is 12.1 Å². The van der Waals surface area contributed by atoms with Crippen LogP contribution >= 0.6 is 0 Å². The lowest BCUT2D eigenvalue weighted by Crippen LogP contribution is -2.23. The Kier molecular flexibility index (Phi) is 4.75. The van der Waals surface area contributed by atoms with Crippen molar-refractivity contribution in [2.45, 2.75) is 13.1 Å². The Hall–Kier alpha value is -3.50. The van der Waals surface area contributed by atoms with E-state index in [1.165, 1.54) is 22.8 Å². The highest BCUT2D eigenvalue weighted by atomic mass is 19.4. The minimum Gasteiger partial charge on any atom is -0.450 e. The van der Waals surface area contributed by atoms with Crippen molar-refractivity contribution in [3.8, 4) is 0 Å². The Morgan fingerprint density at radius 1 is 1.22 bits per heavy atom. The number of nitrogens with zero attached hydrogens (tertiary/aromatic N) is 4. The van der Waals surface area contributed by atoms with Crippen LogP contribution in [0, 0.1) is 6.92 Å². The number of para-hydroxylation sites is 1. The number of rotatable bonds is 4. The number of anilines is 1. The smallest absolute Gasteiger partial charge is 0.418 e. The summed E-state index contributed by atoms with van der Waals surface area (Å²) in [4.78, 5) is 31.6. The molecular weight excluding hydrogens is 367 g/mol. The molecule has 0 aliphatic carbocycles. The fourth-order valence-corrected chi connectivity index (χ4v) is 2.21. The number of benzene rings is 1. The van der Waals surface area contributed by atoms with Crippen LogP contribution in [0.3, 0.4) is 0 Å². The van der Waals surface area contributed by atoms with Crippen molar-refractivity contribution < 1.29 is 27.5 Å². The largest absolute Gasteiger partial charge is 0.450 e. The van der Waals surface area contributed by atoms with Gasteiger partial charge in [-0.15, -0.1) is 5.10 Å². The van der Waals surface area contributed by atoms with E-state index in [1.807, 2.05) is 0 Å². The summed E-state index contributed by atoms with van der Waals surface area (Å²) >= 11 is 0. The number of alkyl halides is 3. The summed E-state index contributed by atoms with van der Waals surface area (Å²) < 4.78 is 44.8.